The fraction of sp³-hybridized carbons (Fsp3) is 0.471. The Morgan fingerprint density at radius 2 is 1.85 bits per heavy atom. The minimum Gasteiger partial charge on any atom is -0.245 e. The second-order valence-electron chi connectivity index (χ2n) is 5.09. The van der Waals surface area contributed by atoms with Crippen molar-refractivity contribution in [2.45, 2.75) is 44.9 Å². The number of hydrogen-bond acceptors (Lipinski definition) is 2. The number of hydrogen-bond donors (Lipinski definition) is 0. The Morgan fingerprint density at radius 1 is 1.15 bits per heavy atom. The third-order valence-corrected chi connectivity index (χ3v) is 5.42. The summed E-state index contributed by atoms with van der Waals surface area (Å²) in [5, 5.41) is 3.45. The molecule has 0 N–H and O–H groups in total. The number of benzene rings is 1. The molecule has 0 aliphatic heterocycles. The van der Waals surface area contributed by atoms with Gasteiger partial charge in [0.05, 0.1) is 5.69 Å². The van der Waals surface area contributed by atoms with Crippen LogP contribution in [0.15, 0.2) is 35.7 Å². The van der Waals surface area contributed by atoms with Crippen LogP contribution in [0.4, 0.5) is 0 Å². The molecule has 2 rings (SSSR count). The van der Waals surface area contributed by atoms with Crippen molar-refractivity contribution in [3.8, 4) is 0 Å². The lowest BCUT2D eigenvalue weighted by Gasteiger charge is -2.30. The van der Waals surface area contributed by atoms with Crippen LogP contribution in [0.1, 0.15) is 49.4 Å². The van der Waals surface area contributed by atoms with E-state index in [1.807, 2.05) is 0 Å². The zero-order chi connectivity index (χ0) is 14.4. The third kappa shape index (κ3) is 3.07. The Labute approximate surface area is 131 Å². The summed E-state index contributed by atoms with van der Waals surface area (Å²) in [5.41, 5.74) is 2.63. The molecule has 20 heavy (non-hydrogen) atoms. The molecule has 1 nitrogen and oxygen atoms in total. The van der Waals surface area contributed by atoms with Gasteiger partial charge in [0.25, 0.3) is 0 Å². The molecule has 1 aromatic carbocycles. The summed E-state index contributed by atoms with van der Waals surface area (Å²) in [6, 6.07) is 10.8. The standard InChI is InChI=1S/C17H22ClNS/c1-3-17(4-2,14-9-6-5-7-10-14)16-19-15(13-20-16)11-8-12-18/h5-7,9-10,13H,3-4,8,11-12H2,1-2H3. The smallest absolute Gasteiger partial charge is 0.103 e. The lowest BCUT2D eigenvalue weighted by Crippen LogP contribution is -2.25. The van der Waals surface area contributed by atoms with E-state index in [4.69, 9.17) is 16.6 Å². The monoisotopic (exact) mass is 307 g/mol. The van der Waals surface area contributed by atoms with E-state index in [1.54, 1.807) is 11.3 Å². The molecule has 0 bridgehead atoms. The quantitative estimate of drug-likeness (QED) is 0.622. The first-order chi connectivity index (χ1) is 9.76. The minimum atomic E-state index is 0.0607. The Kier molecular flexibility index (Phi) is 5.62. The summed E-state index contributed by atoms with van der Waals surface area (Å²) >= 11 is 7.57. The Bertz CT molecular complexity index is 517. The molecule has 0 amide bonds. The zero-order valence-electron chi connectivity index (χ0n) is 12.2. The summed E-state index contributed by atoms with van der Waals surface area (Å²) in [7, 11) is 0. The molecular formula is C17H22ClNS. The van der Waals surface area contributed by atoms with Crippen molar-refractivity contribution in [2.75, 3.05) is 5.88 Å². The maximum Gasteiger partial charge on any atom is 0.103 e. The van der Waals surface area contributed by atoms with Crippen LogP contribution < -0.4 is 0 Å². The first kappa shape index (κ1) is 15.5. The second-order valence-corrected chi connectivity index (χ2v) is 6.33. The van der Waals surface area contributed by atoms with Gasteiger partial charge in [-0.25, -0.2) is 4.98 Å². The first-order valence-corrected chi connectivity index (χ1v) is 8.74. The van der Waals surface area contributed by atoms with Gasteiger partial charge in [-0.1, -0.05) is 44.2 Å². The summed E-state index contributed by atoms with van der Waals surface area (Å²) in [5.74, 6) is 0.707. The van der Waals surface area contributed by atoms with Gasteiger partial charge in [0, 0.05) is 16.7 Å². The average Bonchev–Trinajstić information content (AvgIpc) is 2.97. The second kappa shape index (κ2) is 7.24. The van der Waals surface area contributed by atoms with E-state index in [-0.39, 0.29) is 5.41 Å². The van der Waals surface area contributed by atoms with Crippen molar-refractivity contribution < 1.29 is 0 Å². The van der Waals surface area contributed by atoms with Gasteiger partial charge >= 0.3 is 0 Å². The van der Waals surface area contributed by atoms with E-state index >= 15 is 0 Å². The predicted molar refractivity (Wildman–Crippen MR) is 89.0 cm³/mol. The van der Waals surface area contributed by atoms with Gasteiger partial charge in [0.15, 0.2) is 0 Å². The van der Waals surface area contributed by atoms with Gasteiger partial charge < -0.3 is 0 Å². The number of aryl methyl sites for hydroxylation is 1. The lowest BCUT2D eigenvalue weighted by molar-refractivity contribution is 0.474. The molecule has 0 spiro atoms. The predicted octanol–water partition coefficient (Wildman–Crippen LogP) is 5.42. The number of halogens is 1. The van der Waals surface area contributed by atoms with E-state index in [1.165, 1.54) is 16.3 Å². The summed E-state index contributed by atoms with van der Waals surface area (Å²) in [6.45, 7) is 4.52. The highest BCUT2D eigenvalue weighted by molar-refractivity contribution is 7.09. The molecule has 0 aliphatic rings. The Hall–Kier alpha value is -0.860. The Morgan fingerprint density at radius 3 is 2.45 bits per heavy atom. The highest BCUT2D eigenvalue weighted by Crippen LogP contribution is 2.40. The Balaban J connectivity index is 2.35. The number of aromatic nitrogens is 1. The van der Waals surface area contributed by atoms with Gasteiger partial charge in [-0.05, 0) is 31.2 Å². The SMILES string of the molecule is CCC(CC)(c1ccccc1)c1nc(CCCCl)cs1. The molecule has 0 radical (unpaired) electrons. The van der Waals surface area contributed by atoms with E-state index in [2.05, 4.69) is 49.6 Å². The van der Waals surface area contributed by atoms with E-state index in [9.17, 15) is 0 Å². The van der Waals surface area contributed by atoms with Crippen LogP contribution in [0, 0.1) is 0 Å². The molecule has 3 heteroatoms. The molecule has 1 heterocycles. The van der Waals surface area contributed by atoms with Crippen molar-refractivity contribution in [2.24, 2.45) is 0 Å². The van der Waals surface area contributed by atoms with Gasteiger partial charge in [-0.3, -0.25) is 0 Å². The first-order valence-electron chi connectivity index (χ1n) is 7.33. The van der Waals surface area contributed by atoms with Crippen LogP contribution in [0.3, 0.4) is 0 Å². The van der Waals surface area contributed by atoms with Crippen LogP contribution in [0.2, 0.25) is 0 Å². The highest BCUT2D eigenvalue weighted by atomic mass is 35.5. The maximum absolute atomic E-state index is 5.77. The molecule has 0 saturated heterocycles. The molecule has 0 aliphatic carbocycles. The zero-order valence-corrected chi connectivity index (χ0v) is 13.8. The molecule has 0 atom stereocenters. The fourth-order valence-electron chi connectivity index (χ4n) is 2.73. The number of alkyl halides is 1. The van der Waals surface area contributed by atoms with E-state index in [0.29, 0.717) is 5.88 Å². The maximum atomic E-state index is 5.77. The van der Waals surface area contributed by atoms with Crippen LogP contribution in [-0.2, 0) is 11.8 Å². The molecule has 108 valence electrons. The largest absolute Gasteiger partial charge is 0.245 e. The van der Waals surface area contributed by atoms with Gasteiger partial charge in [-0.2, -0.15) is 0 Å². The van der Waals surface area contributed by atoms with E-state index < -0.39 is 0 Å². The van der Waals surface area contributed by atoms with Crippen molar-refractivity contribution in [1.29, 1.82) is 0 Å². The van der Waals surface area contributed by atoms with Gasteiger partial charge in [-0.15, -0.1) is 22.9 Å². The number of rotatable bonds is 7. The van der Waals surface area contributed by atoms with Crippen LogP contribution in [-0.4, -0.2) is 10.9 Å². The van der Waals surface area contributed by atoms with Crippen molar-refractivity contribution in [3.05, 3.63) is 52.0 Å². The number of thiazole rings is 1. The van der Waals surface area contributed by atoms with Crippen molar-refractivity contribution in [1.82, 2.24) is 4.98 Å². The lowest BCUT2D eigenvalue weighted by atomic mass is 9.76. The van der Waals surface area contributed by atoms with Gasteiger partial charge in [0.2, 0.25) is 0 Å². The molecule has 2 aromatic rings. The van der Waals surface area contributed by atoms with Crippen molar-refractivity contribution >= 4 is 22.9 Å². The number of nitrogens with zero attached hydrogens (tertiary/aromatic N) is 1. The van der Waals surface area contributed by atoms with Gasteiger partial charge in [0.1, 0.15) is 5.01 Å². The summed E-state index contributed by atoms with van der Waals surface area (Å²) < 4.78 is 0. The fourth-order valence-corrected chi connectivity index (χ4v) is 4.08. The van der Waals surface area contributed by atoms with Crippen molar-refractivity contribution in [3.63, 3.8) is 0 Å². The third-order valence-electron chi connectivity index (χ3n) is 4.06. The topological polar surface area (TPSA) is 12.9 Å². The molecular weight excluding hydrogens is 286 g/mol. The van der Waals surface area contributed by atoms with E-state index in [0.717, 1.165) is 25.7 Å². The summed E-state index contributed by atoms with van der Waals surface area (Å²) in [6.07, 6.45) is 4.14. The molecule has 0 saturated carbocycles. The average molecular weight is 308 g/mol. The highest BCUT2D eigenvalue weighted by Gasteiger charge is 2.33. The normalized spacial score (nSPS) is 11.8. The summed E-state index contributed by atoms with van der Waals surface area (Å²) in [4.78, 5) is 4.90. The van der Waals surface area contributed by atoms with Crippen LogP contribution in [0.5, 0.6) is 0 Å². The molecule has 0 fully saturated rings. The van der Waals surface area contributed by atoms with Crippen LogP contribution >= 0.6 is 22.9 Å². The van der Waals surface area contributed by atoms with Crippen LogP contribution in [0.25, 0.3) is 0 Å². The molecule has 0 unspecified atom stereocenters. The minimum absolute atomic E-state index is 0.0607. The molecule has 1 aromatic heterocycles.